The van der Waals surface area contributed by atoms with Crippen LogP contribution in [0.2, 0.25) is 0 Å². The van der Waals surface area contributed by atoms with E-state index in [4.69, 9.17) is 14.2 Å². The molecular formula is C43H91N5O11. The third kappa shape index (κ3) is 26.0. The van der Waals surface area contributed by atoms with Gasteiger partial charge in [0.25, 0.3) is 0 Å². The molecule has 4 N–H and O–H groups in total. The highest BCUT2D eigenvalue weighted by atomic mass is 16.7. The number of hydrogen-bond acceptors (Lipinski definition) is 13. The predicted octanol–water partition coefficient (Wildman–Crippen LogP) is 6.22. The minimum absolute atomic E-state index is 0. The Balaban J connectivity index is -0.000000542. The Hall–Kier alpha value is -3.92. The monoisotopic (exact) mass is 854 g/mol. The van der Waals surface area contributed by atoms with E-state index in [1.807, 2.05) is 48.6 Å². The Morgan fingerprint density at radius 1 is 0.627 bits per heavy atom. The molecule has 0 saturated carbocycles. The number of Topliss-reactive ketones (excluding diaryl/α,β-unsaturated/α-hetero) is 1. The highest BCUT2D eigenvalue weighted by Crippen LogP contribution is 2.40. The normalized spacial score (nSPS) is 15.1. The molecule has 1 rings (SSSR count). The lowest BCUT2D eigenvalue weighted by Crippen LogP contribution is -2.59. The molecule has 59 heavy (non-hydrogen) atoms. The summed E-state index contributed by atoms with van der Waals surface area (Å²) in [6.45, 7) is 15.5. The van der Waals surface area contributed by atoms with Crippen molar-refractivity contribution in [2.45, 2.75) is 189 Å². The molecule has 0 bridgehead atoms. The summed E-state index contributed by atoms with van der Waals surface area (Å²) in [6.07, 6.45) is 0.294. The molecule has 16 heteroatoms. The summed E-state index contributed by atoms with van der Waals surface area (Å²) in [4.78, 5) is 102. The van der Waals surface area contributed by atoms with Gasteiger partial charge >= 0.3 is 23.9 Å². The van der Waals surface area contributed by atoms with Gasteiger partial charge in [-0.05, 0) is 86.2 Å². The Morgan fingerprint density at radius 2 is 1.02 bits per heavy atom. The maximum Gasteiger partial charge on any atom is 0.332 e. The van der Waals surface area contributed by atoms with Gasteiger partial charge in [0.05, 0.1) is 12.3 Å². The molecule has 1 heterocycles. The van der Waals surface area contributed by atoms with Crippen LogP contribution < -0.4 is 21.3 Å². The van der Waals surface area contributed by atoms with Gasteiger partial charge in [0, 0.05) is 17.6 Å². The number of ether oxygens (including phenoxy) is 3. The largest absolute Gasteiger partial charge is 0.426 e. The first kappa shape index (κ1) is 72.7. The van der Waals surface area contributed by atoms with Gasteiger partial charge in [0.15, 0.2) is 0 Å². The first-order valence-electron chi connectivity index (χ1n) is 17.3. The van der Waals surface area contributed by atoms with Crippen molar-refractivity contribution >= 4 is 47.4 Å². The highest BCUT2D eigenvalue weighted by molar-refractivity contribution is 5.99. The minimum Gasteiger partial charge on any atom is -0.426 e. The number of likely N-dealkylation sites (tertiary alicyclic amines) is 1. The van der Waals surface area contributed by atoms with E-state index in [-0.39, 0.29) is 107 Å². The zero-order valence-electron chi connectivity index (χ0n) is 32.1. The van der Waals surface area contributed by atoms with Crippen LogP contribution in [-0.2, 0) is 52.6 Å². The Kier molecular flexibility index (Phi) is 40.5. The Bertz CT molecular complexity index is 1270. The summed E-state index contributed by atoms with van der Waals surface area (Å²) in [5, 5.41) is 10.1. The number of rotatable bonds is 19. The van der Waals surface area contributed by atoms with E-state index in [2.05, 4.69) is 26.2 Å². The minimum atomic E-state index is -1.17. The lowest BCUT2D eigenvalue weighted by molar-refractivity contribution is -0.172. The first-order valence-corrected chi connectivity index (χ1v) is 17.3. The molecule has 1 saturated heterocycles. The van der Waals surface area contributed by atoms with Gasteiger partial charge in [-0.3, -0.25) is 28.9 Å². The van der Waals surface area contributed by atoms with E-state index >= 15 is 0 Å². The van der Waals surface area contributed by atoms with E-state index in [1.165, 1.54) is 14.0 Å². The number of carbonyl (C=O) groups is 8. The maximum absolute atomic E-state index is 12.9. The molecule has 3 amide bonds. The van der Waals surface area contributed by atoms with E-state index in [9.17, 15) is 38.4 Å². The second-order valence-electron chi connectivity index (χ2n) is 15.3. The number of piperidine rings is 1. The molecule has 0 aromatic rings. The van der Waals surface area contributed by atoms with Crippen molar-refractivity contribution in [2.24, 2.45) is 17.8 Å². The third-order valence-electron chi connectivity index (χ3n) is 8.77. The lowest BCUT2D eigenvalue weighted by atomic mass is 9.74. The van der Waals surface area contributed by atoms with E-state index in [0.29, 0.717) is 12.8 Å². The van der Waals surface area contributed by atoms with Gasteiger partial charge in [-0.1, -0.05) is 87.1 Å². The van der Waals surface area contributed by atoms with Crippen LogP contribution in [0.15, 0.2) is 0 Å². The van der Waals surface area contributed by atoms with Crippen LogP contribution in [0.3, 0.4) is 0 Å². The summed E-state index contributed by atoms with van der Waals surface area (Å²) >= 11 is 0. The van der Waals surface area contributed by atoms with Crippen molar-refractivity contribution in [3.8, 4) is 0 Å². The van der Waals surface area contributed by atoms with Crippen molar-refractivity contribution in [2.75, 3.05) is 27.4 Å². The number of esters is 4. The molecule has 0 aromatic carbocycles. The molecular weight excluding hydrogens is 762 g/mol. The highest BCUT2D eigenvalue weighted by Gasteiger charge is 2.46. The number of nitrogens with one attached hydrogen (secondary N) is 4. The average Bonchev–Trinajstić information content (AvgIpc) is 2.98. The number of likely N-dealkylation sites (N-methyl/N-ethyl adjacent to an activating group) is 1. The van der Waals surface area contributed by atoms with Crippen LogP contribution in [0, 0.1) is 17.8 Å². The molecule has 1 aliphatic rings. The predicted molar refractivity (Wildman–Crippen MR) is 239 cm³/mol. The van der Waals surface area contributed by atoms with E-state index < -0.39 is 85.3 Å². The molecule has 16 nitrogen and oxygen atoms in total. The summed E-state index contributed by atoms with van der Waals surface area (Å²) in [5.74, 6) is -6.42. The van der Waals surface area contributed by atoms with Crippen LogP contribution in [0.4, 0.5) is 0 Å². The van der Waals surface area contributed by atoms with Crippen molar-refractivity contribution in [1.29, 1.82) is 0 Å². The smallest absolute Gasteiger partial charge is 0.332 e. The molecule has 3 atom stereocenters. The van der Waals surface area contributed by atoms with Crippen molar-refractivity contribution in [3.63, 3.8) is 0 Å². The summed E-state index contributed by atoms with van der Waals surface area (Å²) in [7, 11) is 3.46. The second-order valence-corrected chi connectivity index (χ2v) is 15.3. The molecule has 0 aromatic heterocycles. The number of carbonyl (C=O) groups excluding carboxylic acids is 8. The van der Waals surface area contributed by atoms with Gasteiger partial charge in [-0.2, -0.15) is 0 Å². The van der Waals surface area contributed by atoms with Crippen molar-refractivity contribution in [3.05, 3.63) is 0 Å². The van der Waals surface area contributed by atoms with Crippen LogP contribution in [-0.4, -0.2) is 109 Å². The molecule has 1 aliphatic heterocycles. The van der Waals surface area contributed by atoms with Gasteiger partial charge in [0.2, 0.25) is 24.5 Å². The van der Waals surface area contributed by atoms with Gasteiger partial charge in [-0.25, -0.2) is 14.4 Å². The van der Waals surface area contributed by atoms with Gasteiger partial charge in [-0.15, -0.1) is 0 Å². The van der Waals surface area contributed by atoms with Crippen LogP contribution in [0.5, 0.6) is 0 Å². The van der Waals surface area contributed by atoms with E-state index in [1.54, 1.807) is 13.8 Å². The zero-order valence-corrected chi connectivity index (χ0v) is 32.1. The standard InChI is InChI=1S/C35H59N5O11.8CH4/c1-20(2)12-24(38-28(43)14-22(5)41)31(46)49-19-50-32(47)25(13-21(3)4)39-29(44)15-27(42)37-18-26(36-10)33(48)51-30(45)23-16-34(6,7)40(11)35(8,9)17-23;;;;;;;;/h20-21,23-26,36H,12-19H2,1-11H3,(H,37,42)(H,38,43)(H,39,44);8*1H4. The zero-order chi connectivity index (χ0) is 39.3. The molecule has 354 valence electrons. The summed E-state index contributed by atoms with van der Waals surface area (Å²) < 4.78 is 15.3. The van der Waals surface area contributed by atoms with Crippen LogP contribution in [0.25, 0.3) is 0 Å². The van der Waals surface area contributed by atoms with Crippen LogP contribution in [0.1, 0.15) is 160 Å². The van der Waals surface area contributed by atoms with Crippen molar-refractivity contribution < 1.29 is 52.6 Å². The van der Waals surface area contributed by atoms with Gasteiger partial charge < -0.3 is 35.5 Å². The quantitative estimate of drug-likeness (QED) is 0.0646. The molecule has 0 spiro atoms. The summed E-state index contributed by atoms with van der Waals surface area (Å²) in [6, 6.07) is -3.31. The fraction of sp³-hybridized carbons (Fsp3) is 0.814. The Labute approximate surface area is 360 Å². The first-order chi connectivity index (χ1) is 23.5. The number of ketones is 1. The summed E-state index contributed by atoms with van der Waals surface area (Å²) in [5.41, 5.74) is -0.587. The molecule has 0 aliphatic carbocycles. The average molecular weight is 854 g/mol. The van der Waals surface area contributed by atoms with Crippen LogP contribution >= 0.6 is 0 Å². The topological polar surface area (TPSA) is 216 Å². The van der Waals surface area contributed by atoms with Gasteiger partial charge in [0.1, 0.15) is 30.3 Å². The molecule has 0 radical (unpaired) electrons. The maximum atomic E-state index is 12.9. The number of nitrogens with zero attached hydrogens (tertiary/aromatic N) is 1. The fourth-order valence-electron chi connectivity index (χ4n) is 5.95. The SMILES string of the molecule is C.C.C.C.C.C.C.C.CNC(CNC(=O)CC(=O)NC(CC(C)C)C(=O)OCOC(=O)C(CC(C)C)NC(=O)CC(C)=O)C(=O)OC(=O)C1CC(C)(C)N(C)C(C)(C)C1. The molecule has 1 fully saturated rings. The Morgan fingerprint density at radius 3 is 1.37 bits per heavy atom. The lowest BCUT2D eigenvalue weighted by Gasteiger charge is -2.53. The van der Waals surface area contributed by atoms with Crippen molar-refractivity contribution in [1.82, 2.24) is 26.2 Å². The third-order valence-corrected chi connectivity index (χ3v) is 8.77. The molecule has 3 unspecified atom stereocenters. The number of hydrogen-bond donors (Lipinski definition) is 4. The number of amides is 3. The van der Waals surface area contributed by atoms with E-state index in [0.717, 1.165) is 0 Å². The fourth-order valence-corrected chi connectivity index (χ4v) is 5.95. The second kappa shape index (κ2) is 32.9.